The number of rotatable bonds is 17. The monoisotopic (exact) mass is 726 g/mol. The highest BCUT2D eigenvalue weighted by atomic mass is 35.5. The topological polar surface area (TPSA) is 108 Å². The maximum absolute atomic E-state index is 16.2. The number of piperazine rings is 1. The van der Waals surface area contributed by atoms with Crippen molar-refractivity contribution in [1.82, 2.24) is 25.1 Å². The van der Waals surface area contributed by atoms with E-state index in [2.05, 4.69) is 15.3 Å². The van der Waals surface area contributed by atoms with Crippen LogP contribution >= 0.6 is 11.6 Å². The molecule has 51 heavy (non-hydrogen) atoms. The summed E-state index contributed by atoms with van der Waals surface area (Å²) in [5, 5.41) is 3.19. The first-order valence-corrected chi connectivity index (χ1v) is 18.8. The SMILES string of the molecule is CCC(=O)N1CCN(c2ncnc3c(F)c(-c4c(F)cccc4OCCCCCCCCCCC(=O)NCC(=O)N4CCCC4)c(Cl)cc23)CC1. The van der Waals surface area contributed by atoms with Gasteiger partial charge in [-0.25, -0.2) is 18.7 Å². The highest BCUT2D eigenvalue weighted by Gasteiger charge is 2.27. The number of nitrogens with zero attached hydrogens (tertiary/aromatic N) is 5. The molecule has 0 atom stereocenters. The standard InChI is InChI=1S/C38H49ClF2N6O4/c1-2-32(49)46-19-21-47(22-20-46)38-27-24-28(39)34(36(41)37(27)43-26-44-38)35-29(40)14-13-15-30(35)51-23-12-8-6-4-3-5-7-9-16-31(48)42-25-33(50)45-17-10-11-18-45/h13-15,24,26H,2-12,16-23,25H2,1H3,(H,42,48). The van der Waals surface area contributed by atoms with Crippen molar-refractivity contribution in [2.24, 2.45) is 0 Å². The third-order valence-electron chi connectivity index (χ3n) is 9.71. The Morgan fingerprint density at radius 2 is 1.51 bits per heavy atom. The molecule has 0 bridgehead atoms. The molecule has 0 aliphatic carbocycles. The first-order chi connectivity index (χ1) is 24.8. The average molecular weight is 727 g/mol. The number of amides is 3. The van der Waals surface area contributed by atoms with Gasteiger partial charge in [-0.15, -0.1) is 0 Å². The zero-order valence-electron chi connectivity index (χ0n) is 29.5. The Labute approximate surface area is 303 Å². The van der Waals surface area contributed by atoms with Crippen molar-refractivity contribution >= 4 is 46.0 Å². The quantitative estimate of drug-likeness (QED) is 0.151. The lowest BCUT2D eigenvalue weighted by Gasteiger charge is -2.35. The number of nitrogens with one attached hydrogen (secondary N) is 1. The molecular formula is C38H49ClF2N6O4. The van der Waals surface area contributed by atoms with Gasteiger partial charge in [-0.05, 0) is 43.9 Å². The second kappa shape index (κ2) is 19.0. The van der Waals surface area contributed by atoms with Gasteiger partial charge in [0.25, 0.3) is 0 Å². The number of fused-ring (bicyclic) bond motifs is 1. The molecule has 0 spiro atoms. The fourth-order valence-electron chi connectivity index (χ4n) is 6.83. The van der Waals surface area contributed by atoms with Gasteiger partial charge in [0.15, 0.2) is 5.82 Å². The highest BCUT2D eigenvalue weighted by Crippen LogP contribution is 2.42. The lowest BCUT2D eigenvalue weighted by atomic mass is 10.0. The summed E-state index contributed by atoms with van der Waals surface area (Å²) in [7, 11) is 0. The lowest BCUT2D eigenvalue weighted by molar-refractivity contribution is -0.132. The Hall–Kier alpha value is -4.06. The average Bonchev–Trinajstić information content (AvgIpc) is 3.69. The smallest absolute Gasteiger partial charge is 0.241 e. The predicted molar refractivity (Wildman–Crippen MR) is 195 cm³/mol. The number of likely N-dealkylation sites (tertiary alicyclic amines) is 1. The van der Waals surface area contributed by atoms with Crippen molar-refractivity contribution in [3.63, 3.8) is 0 Å². The Morgan fingerprint density at radius 3 is 2.22 bits per heavy atom. The normalized spacial score (nSPS) is 14.7. The van der Waals surface area contributed by atoms with E-state index in [1.54, 1.807) is 12.1 Å². The van der Waals surface area contributed by atoms with Crippen LogP contribution in [0.3, 0.4) is 0 Å². The summed E-state index contributed by atoms with van der Waals surface area (Å²) >= 11 is 6.69. The van der Waals surface area contributed by atoms with E-state index < -0.39 is 11.6 Å². The van der Waals surface area contributed by atoms with E-state index in [4.69, 9.17) is 16.3 Å². The maximum Gasteiger partial charge on any atom is 0.241 e. The van der Waals surface area contributed by atoms with Crippen LogP contribution in [-0.4, -0.2) is 89.9 Å². The number of halogens is 3. The molecule has 2 saturated heterocycles. The molecule has 0 saturated carbocycles. The van der Waals surface area contributed by atoms with Crippen LogP contribution in [0.2, 0.25) is 5.02 Å². The Balaban J connectivity index is 1.06. The first-order valence-electron chi connectivity index (χ1n) is 18.4. The maximum atomic E-state index is 16.2. The molecule has 276 valence electrons. The molecule has 2 aliphatic rings. The van der Waals surface area contributed by atoms with E-state index in [0.717, 1.165) is 77.3 Å². The van der Waals surface area contributed by atoms with Crippen molar-refractivity contribution in [3.8, 4) is 16.9 Å². The molecular weight excluding hydrogens is 678 g/mol. The molecule has 13 heteroatoms. The Bertz CT molecular complexity index is 1660. The van der Waals surface area contributed by atoms with Gasteiger partial charge in [-0.3, -0.25) is 14.4 Å². The molecule has 0 unspecified atom stereocenters. The number of hydrogen-bond donors (Lipinski definition) is 1. The fourth-order valence-corrected chi connectivity index (χ4v) is 7.11. The minimum Gasteiger partial charge on any atom is -0.493 e. The van der Waals surface area contributed by atoms with Crippen molar-refractivity contribution < 1.29 is 27.9 Å². The fraction of sp³-hybridized carbons (Fsp3) is 0.553. The van der Waals surface area contributed by atoms with Crippen molar-refractivity contribution in [2.75, 3.05) is 57.3 Å². The summed E-state index contributed by atoms with van der Waals surface area (Å²) in [4.78, 5) is 50.5. The van der Waals surface area contributed by atoms with Crippen LogP contribution in [0.5, 0.6) is 5.75 Å². The zero-order chi connectivity index (χ0) is 36.2. The van der Waals surface area contributed by atoms with E-state index in [1.807, 2.05) is 21.6 Å². The summed E-state index contributed by atoms with van der Waals surface area (Å²) < 4.78 is 37.6. The highest BCUT2D eigenvalue weighted by molar-refractivity contribution is 6.34. The van der Waals surface area contributed by atoms with Gasteiger partial charge in [-0.2, -0.15) is 0 Å². The van der Waals surface area contributed by atoms with E-state index in [0.29, 0.717) is 56.8 Å². The van der Waals surface area contributed by atoms with Crippen LogP contribution in [0.25, 0.3) is 22.0 Å². The van der Waals surface area contributed by atoms with Gasteiger partial charge >= 0.3 is 0 Å². The van der Waals surface area contributed by atoms with Gasteiger partial charge in [-0.1, -0.05) is 63.1 Å². The van der Waals surface area contributed by atoms with Gasteiger partial charge in [0, 0.05) is 63.1 Å². The third kappa shape index (κ3) is 10.1. The molecule has 3 amide bonds. The molecule has 1 aromatic heterocycles. The number of carbonyl (C=O) groups is 3. The number of hydrogen-bond acceptors (Lipinski definition) is 7. The molecule has 0 radical (unpaired) electrons. The van der Waals surface area contributed by atoms with Crippen molar-refractivity contribution in [3.05, 3.63) is 47.2 Å². The summed E-state index contributed by atoms with van der Waals surface area (Å²) in [6, 6.07) is 5.99. The third-order valence-corrected chi connectivity index (χ3v) is 10.0. The second-order valence-corrected chi connectivity index (χ2v) is 13.7. The van der Waals surface area contributed by atoms with E-state index >= 15 is 8.78 Å². The summed E-state index contributed by atoms with van der Waals surface area (Å²) in [6.07, 6.45) is 11.9. The Morgan fingerprint density at radius 1 is 0.843 bits per heavy atom. The number of anilines is 1. The van der Waals surface area contributed by atoms with Crippen molar-refractivity contribution in [1.29, 1.82) is 0 Å². The van der Waals surface area contributed by atoms with Crippen molar-refractivity contribution in [2.45, 2.75) is 84.0 Å². The molecule has 2 aromatic carbocycles. The van der Waals surface area contributed by atoms with E-state index in [1.165, 1.54) is 18.5 Å². The summed E-state index contributed by atoms with van der Waals surface area (Å²) in [5.41, 5.74) is -0.109. The molecule has 3 aromatic rings. The first kappa shape index (κ1) is 38.2. The minimum atomic E-state index is -0.746. The van der Waals surface area contributed by atoms with Gasteiger partial charge < -0.3 is 24.8 Å². The number of unbranched alkanes of at least 4 members (excludes halogenated alkanes) is 7. The molecule has 2 fully saturated rings. The molecule has 10 nitrogen and oxygen atoms in total. The van der Waals surface area contributed by atoms with Crippen LogP contribution in [-0.2, 0) is 14.4 Å². The van der Waals surface area contributed by atoms with Crippen LogP contribution in [0, 0.1) is 11.6 Å². The molecule has 1 N–H and O–H groups in total. The number of benzene rings is 2. The lowest BCUT2D eigenvalue weighted by Crippen LogP contribution is -2.48. The van der Waals surface area contributed by atoms with Gasteiger partial charge in [0.1, 0.15) is 29.2 Å². The van der Waals surface area contributed by atoms with Crippen LogP contribution in [0.15, 0.2) is 30.6 Å². The molecule has 3 heterocycles. The second-order valence-electron chi connectivity index (χ2n) is 13.3. The van der Waals surface area contributed by atoms with E-state index in [9.17, 15) is 14.4 Å². The van der Waals surface area contributed by atoms with Gasteiger partial charge in [0.05, 0.1) is 23.7 Å². The number of aromatic nitrogens is 2. The van der Waals surface area contributed by atoms with Crippen LogP contribution in [0.1, 0.15) is 84.0 Å². The molecule has 2 aliphatic heterocycles. The largest absolute Gasteiger partial charge is 0.493 e. The molecule has 5 rings (SSSR count). The predicted octanol–water partition coefficient (Wildman–Crippen LogP) is 6.92. The van der Waals surface area contributed by atoms with E-state index in [-0.39, 0.29) is 51.7 Å². The minimum absolute atomic E-state index is 0.00420. The number of ether oxygens (including phenoxy) is 1. The summed E-state index contributed by atoms with van der Waals surface area (Å²) in [5.74, 6) is -0.628. The summed E-state index contributed by atoms with van der Waals surface area (Å²) in [6.45, 7) is 6.00. The van der Waals surface area contributed by atoms with Crippen LogP contribution in [0.4, 0.5) is 14.6 Å². The number of carbonyl (C=O) groups excluding carboxylic acids is 3. The van der Waals surface area contributed by atoms with Gasteiger partial charge in [0.2, 0.25) is 17.7 Å². The zero-order valence-corrected chi connectivity index (χ0v) is 30.3. The van der Waals surface area contributed by atoms with Crippen LogP contribution < -0.4 is 15.0 Å². The Kier molecular flexibility index (Phi) is 14.2.